The number of fused-ring (bicyclic) bond motifs is 1. The molecule has 0 amide bonds. The Bertz CT molecular complexity index is 1520. The highest BCUT2D eigenvalue weighted by Gasteiger charge is 2.43. The first-order valence-corrected chi connectivity index (χ1v) is 12.0. The van der Waals surface area contributed by atoms with Crippen LogP contribution >= 0.6 is 0 Å². The number of nitrogens with two attached hydrogens (primary N) is 2. The van der Waals surface area contributed by atoms with E-state index in [0.717, 1.165) is 12.1 Å². The fourth-order valence-electron chi connectivity index (χ4n) is 4.82. The third-order valence-corrected chi connectivity index (χ3v) is 6.87. The molecule has 1 aliphatic rings. The zero-order chi connectivity index (χ0) is 27.9. The van der Waals surface area contributed by atoms with Gasteiger partial charge in [0.05, 0.1) is 35.9 Å². The highest BCUT2D eigenvalue weighted by atomic mass is 19.3. The minimum atomic E-state index is -3.02. The number of aliphatic hydroxyl groups excluding tert-OH is 1. The number of piperidine rings is 1. The number of hydrogen-bond donors (Lipinski definition) is 4. The number of aromatic nitrogens is 4. The summed E-state index contributed by atoms with van der Waals surface area (Å²) in [6.07, 6.45) is -1.73. The Morgan fingerprint density at radius 3 is 2.69 bits per heavy atom. The Balaban J connectivity index is 1.60. The quantitative estimate of drug-likeness (QED) is 0.257. The predicted molar refractivity (Wildman–Crippen MR) is 137 cm³/mol. The van der Waals surface area contributed by atoms with Gasteiger partial charge in [0.1, 0.15) is 29.6 Å². The van der Waals surface area contributed by atoms with Crippen LogP contribution in [0.25, 0.3) is 16.8 Å². The molecule has 10 nitrogen and oxygen atoms in total. The number of aliphatic hydroxyl groups is 1. The number of alkyl halides is 2. The molecule has 0 radical (unpaired) electrons. The average molecular weight is 547 g/mol. The van der Waals surface area contributed by atoms with E-state index in [9.17, 15) is 22.7 Å². The van der Waals surface area contributed by atoms with E-state index in [1.165, 1.54) is 30.2 Å². The summed E-state index contributed by atoms with van der Waals surface area (Å²) < 4.78 is 62.5. The van der Waals surface area contributed by atoms with Gasteiger partial charge >= 0.3 is 0 Å². The largest absolute Gasteiger partial charge is 0.494 e. The highest BCUT2D eigenvalue weighted by Crippen LogP contribution is 2.37. The second-order valence-corrected chi connectivity index (χ2v) is 9.38. The van der Waals surface area contributed by atoms with Crippen molar-refractivity contribution in [3.05, 3.63) is 54.5 Å². The smallest absolute Gasteiger partial charge is 0.265 e. The summed E-state index contributed by atoms with van der Waals surface area (Å²) in [4.78, 5) is 10.0. The lowest BCUT2D eigenvalue weighted by atomic mass is 9.84. The monoisotopic (exact) mass is 546 g/mol. The van der Waals surface area contributed by atoms with E-state index in [0.29, 0.717) is 35.7 Å². The molecule has 1 saturated heterocycles. The number of ether oxygens (including phenoxy) is 1. The Kier molecular flexibility index (Phi) is 6.91. The van der Waals surface area contributed by atoms with Crippen molar-refractivity contribution in [2.75, 3.05) is 36.1 Å². The second-order valence-electron chi connectivity index (χ2n) is 9.38. The van der Waals surface area contributed by atoms with Crippen LogP contribution in [0.3, 0.4) is 0 Å². The molecule has 39 heavy (non-hydrogen) atoms. The van der Waals surface area contributed by atoms with E-state index in [4.69, 9.17) is 16.2 Å². The van der Waals surface area contributed by atoms with Crippen molar-refractivity contribution in [2.24, 2.45) is 5.73 Å². The second kappa shape index (κ2) is 10.2. The first kappa shape index (κ1) is 26.4. The molecule has 1 aliphatic heterocycles. The topological polar surface area (TPSA) is 140 Å². The van der Waals surface area contributed by atoms with Crippen LogP contribution in [-0.2, 0) is 0 Å². The molecule has 1 fully saturated rings. The van der Waals surface area contributed by atoms with Gasteiger partial charge in [0.15, 0.2) is 17.4 Å². The van der Waals surface area contributed by atoms with Crippen molar-refractivity contribution < 1.29 is 27.4 Å². The van der Waals surface area contributed by atoms with Crippen LogP contribution in [-0.4, -0.2) is 63.0 Å². The van der Waals surface area contributed by atoms with Crippen LogP contribution in [0, 0.1) is 11.6 Å². The summed E-state index contributed by atoms with van der Waals surface area (Å²) in [6.45, 7) is 0.337. The number of anilines is 4. The molecule has 1 aromatic carbocycles. The van der Waals surface area contributed by atoms with Gasteiger partial charge < -0.3 is 31.5 Å². The van der Waals surface area contributed by atoms with E-state index in [1.54, 1.807) is 17.0 Å². The maximum Gasteiger partial charge on any atom is 0.265 e. The normalized spacial score (nSPS) is 18.5. The standard InChI is InChI=1S/C25H26F4N8O2/c1-39-20-8-14(26)13(7-15(20)27)16-9-17(35-21-4-3-18-24(30)33-12-34-37(18)21)19(10-32-16)36-6-2-5-25(31,11-36)22(38)23(28)29/h3-4,7-10,12,22-23,38H,2,5-6,11,31H2,1H3,(H,32,35)(H2,30,33,34)/t22-,25+/m0/s1. The number of hydrogen-bond acceptors (Lipinski definition) is 9. The van der Waals surface area contributed by atoms with Crippen LogP contribution in [0.15, 0.2) is 42.9 Å². The first-order chi connectivity index (χ1) is 18.6. The van der Waals surface area contributed by atoms with E-state index in [1.807, 2.05) is 0 Å². The molecule has 4 heterocycles. The van der Waals surface area contributed by atoms with Gasteiger partial charge in [-0.2, -0.15) is 5.10 Å². The van der Waals surface area contributed by atoms with Gasteiger partial charge in [-0.05, 0) is 37.1 Å². The lowest BCUT2D eigenvalue weighted by Gasteiger charge is -2.44. The van der Waals surface area contributed by atoms with E-state index in [2.05, 4.69) is 20.4 Å². The molecule has 14 heteroatoms. The molecule has 0 spiro atoms. The summed E-state index contributed by atoms with van der Waals surface area (Å²) in [5.41, 5.74) is 11.9. The van der Waals surface area contributed by atoms with E-state index in [-0.39, 0.29) is 35.8 Å². The lowest BCUT2D eigenvalue weighted by Crippen LogP contribution is -2.63. The molecule has 0 bridgehead atoms. The molecule has 3 aromatic heterocycles. The lowest BCUT2D eigenvalue weighted by molar-refractivity contribution is -0.0529. The fraction of sp³-hybridized carbons (Fsp3) is 0.320. The van der Waals surface area contributed by atoms with Crippen molar-refractivity contribution in [2.45, 2.75) is 30.9 Å². The van der Waals surface area contributed by atoms with Crippen LogP contribution in [0.1, 0.15) is 12.8 Å². The number of nitrogens with one attached hydrogen (secondary N) is 1. The number of pyridine rings is 1. The number of methoxy groups -OCH3 is 1. The Morgan fingerprint density at radius 2 is 1.95 bits per heavy atom. The maximum absolute atomic E-state index is 14.9. The minimum Gasteiger partial charge on any atom is -0.494 e. The predicted octanol–water partition coefficient (Wildman–Crippen LogP) is 3.33. The summed E-state index contributed by atoms with van der Waals surface area (Å²) in [5.74, 6) is -1.08. The molecule has 0 aliphatic carbocycles. The van der Waals surface area contributed by atoms with Gasteiger partial charge in [-0.1, -0.05) is 0 Å². The first-order valence-electron chi connectivity index (χ1n) is 12.0. The molecule has 4 aromatic rings. The number of benzene rings is 1. The molecule has 2 atom stereocenters. The van der Waals surface area contributed by atoms with Crippen LogP contribution in [0.5, 0.6) is 5.75 Å². The third kappa shape index (κ3) is 4.88. The zero-order valence-electron chi connectivity index (χ0n) is 20.8. The van der Waals surface area contributed by atoms with Crippen molar-refractivity contribution >= 4 is 28.5 Å². The van der Waals surface area contributed by atoms with Crippen LogP contribution in [0.4, 0.5) is 40.6 Å². The van der Waals surface area contributed by atoms with E-state index < -0.39 is 29.7 Å². The third-order valence-electron chi connectivity index (χ3n) is 6.87. The Morgan fingerprint density at radius 1 is 1.15 bits per heavy atom. The molecular weight excluding hydrogens is 520 g/mol. The van der Waals surface area contributed by atoms with E-state index >= 15 is 0 Å². The Labute approximate surface area is 220 Å². The van der Waals surface area contributed by atoms with Crippen molar-refractivity contribution in [1.82, 2.24) is 19.6 Å². The zero-order valence-corrected chi connectivity index (χ0v) is 20.8. The van der Waals surface area contributed by atoms with Gasteiger partial charge in [-0.15, -0.1) is 0 Å². The molecule has 0 saturated carbocycles. The SMILES string of the molecule is COc1cc(F)c(-c2cc(Nc3ccc4c(N)ncnn34)c(N3CCC[C@](N)([C@@H](O)C(F)F)C3)cn2)cc1F. The molecule has 0 unspecified atom stereocenters. The van der Waals surface area contributed by atoms with Crippen molar-refractivity contribution in [3.8, 4) is 17.0 Å². The molecule has 5 rings (SSSR count). The highest BCUT2D eigenvalue weighted by molar-refractivity contribution is 5.80. The number of nitrogens with zero attached hydrogens (tertiary/aromatic N) is 5. The molecular formula is C25H26F4N8O2. The van der Waals surface area contributed by atoms with Gasteiger partial charge in [0.2, 0.25) is 0 Å². The van der Waals surface area contributed by atoms with Gasteiger partial charge in [-0.3, -0.25) is 4.98 Å². The summed E-state index contributed by atoms with van der Waals surface area (Å²) in [5, 5.41) is 17.6. The van der Waals surface area contributed by atoms with Crippen molar-refractivity contribution in [1.29, 1.82) is 0 Å². The van der Waals surface area contributed by atoms with Gasteiger partial charge in [0, 0.05) is 24.7 Å². The summed E-state index contributed by atoms with van der Waals surface area (Å²) >= 11 is 0. The molecule has 6 N–H and O–H groups in total. The minimum absolute atomic E-state index is 0.0935. The van der Waals surface area contributed by atoms with Crippen molar-refractivity contribution in [3.63, 3.8) is 0 Å². The van der Waals surface area contributed by atoms with Gasteiger partial charge in [-0.25, -0.2) is 27.1 Å². The number of nitrogen functional groups attached to an aromatic ring is 1. The molecule has 206 valence electrons. The van der Waals surface area contributed by atoms with Gasteiger partial charge in [0.25, 0.3) is 6.43 Å². The fourth-order valence-corrected chi connectivity index (χ4v) is 4.82. The summed E-state index contributed by atoms with van der Waals surface area (Å²) in [6, 6.07) is 6.79. The number of rotatable bonds is 7. The van der Waals surface area contributed by atoms with Crippen LogP contribution < -0.4 is 26.4 Å². The number of halogens is 4. The van der Waals surface area contributed by atoms with Crippen LogP contribution in [0.2, 0.25) is 0 Å². The summed E-state index contributed by atoms with van der Waals surface area (Å²) in [7, 11) is 1.23. The average Bonchev–Trinajstić information content (AvgIpc) is 3.33. The Hall–Kier alpha value is -4.17. The maximum atomic E-state index is 14.9.